The molecule has 45 heavy (non-hydrogen) atoms. The molecule has 1 heterocycles. The van der Waals surface area contributed by atoms with Crippen LogP contribution in [-0.2, 0) is 9.53 Å². The first-order valence-corrected chi connectivity index (χ1v) is 15.6. The summed E-state index contributed by atoms with van der Waals surface area (Å²) in [5.41, 5.74) is 7.39. The zero-order valence-electron chi connectivity index (χ0n) is 28.0. The van der Waals surface area contributed by atoms with Crippen LogP contribution in [0.25, 0.3) is 34.2 Å². The van der Waals surface area contributed by atoms with Crippen LogP contribution in [-0.4, -0.2) is 51.8 Å². The Balaban J connectivity index is 1.64. The largest absolute Gasteiger partial charge is 0.507 e. The molecule has 8 heteroatoms. The fourth-order valence-corrected chi connectivity index (χ4v) is 5.43. The van der Waals surface area contributed by atoms with Crippen LogP contribution in [0.4, 0.5) is 0 Å². The number of phenols is 1. The topological polar surface area (TPSA) is 106 Å². The lowest BCUT2D eigenvalue weighted by atomic mass is 10.0. The number of aromatic nitrogens is 3. The maximum absolute atomic E-state index is 12.9. The van der Waals surface area contributed by atoms with Gasteiger partial charge in [0.1, 0.15) is 11.5 Å². The van der Waals surface area contributed by atoms with Gasteiger partial charge in [-0.05, 0) is 90.0 Å². The third-order valence-corrected chi connectivity index (χ3v) is 8.02. The minimum Gasteiger partial charge on any atom is -0.507 e. The SMILES string of the molecule is COCC(C)CCC(C)NC(=O)C(C)Oc1cc(O)c(-c2nc(-c3ccc(C)cc3C)nc(-c3ccc(C)cc3C)n2)cc1C. The highest BCUT2D eigenvalue weighted by Gasteiger charge is 2.22. The van der Waals surface area contributed by atoms with Crippen LogP contribution in [0.15, 0.2) is 48.5 Å². The lowest BCUT2D eigenvalue weighted by Gasteiger charge is -2.21. The molecule has 4 rings (SSSR count). The van der Waals surface area contributed by atoms with Gasteiger partial charge in [-0.1, -0.05) is 54.4 Å². The van der Waals surface area contributed by atoms with Crippen LogP contribution >= 0.6 is 0 Å². The number of nitrogens with zero attached hydrogens (tertiary/aromatic N) is 3. The Kier molecular flexibility index (Phi) is 10.9. The minimum atomic E-state index is -0.753. The fourth-order valence-electron chi connectivity index (χ4n) is 5.43. The van der Waals surface area contributed by atoms with E-state index in [1.54, 1.807) is 20.1 Å². The average molecular weight is 611 g/mol. The predicted octanol–water partition coefficient (Wildman–Crippen LogP) is 7.46. The molecule has 0 spiro atoms. The predicted molar refractivity (Wildman–Crippen MR) is 179 cm³/mol. The number of hydrogen-bond acceptors (Lipinski definition) is 7. The zero-order chi connectivity index (χ0) is 32.8. The molecule has 0 aliphatic heterocycles. The van der Waals surface area contributed by atoms with Crippen LogP contribution in [0.2, 0.25) is 0 Å². The number of carbonyl (C=O) groups is 1. The summed E-state index contributed by atoms with van der Waals surface area (Å²) < 4.78 is 11.2. The average Bonchev–Trinajstić information content (AvgIpc) is 2.97. The number of methoxy groups -OCH3 is 1. The van der Waals surface area contributed by atoms with Crippen molar-refractivity contribution in [3.63, 3.8) is 0 Å². The molecule has 1 amide bonds. The van der Waals surface area contributed by atoms with Crippen LogP contribution < -0.4 is 10.1 Å². The van der Waals surface area contributed by atoms with Crippen molar-refractivity contribution < 1.29 is 19.4 Å². The third kappa shape index (κ3) is 8.45. The summed E-state index contributed by atoms with van der Waals surface area (Å²) in [7, 11) is 1.70. The number of carbonyl (C=O) groups excluding carboxylic acids is 1. The standard InChI is InChI=1S/C37H46N4O4/c1-21-11-14-29(24(4)16-21)34-39-35(30-15-12-22(2)17-25(30)5)41-36(40-34)31-18-26(6)33(19-32(31)42)45-28(8)37(43)38-27(7)13-10-23(3)20-44-9/h11-12,14-19,23,27-28,42H,10,13,20H2,1-9H3,(H,38,43). The normalized spacial score (nSPS) is 13.3. The van der Waals surface area contributed by atoms with E-state index in [0.29, 0.717) is 41.3 Å². The molecule has 0 saturated heterocycles. The molecule has 0 saturated carbocycles. The molecule has 0 aliphatic carbocycles. The first-order valence-electron chi connectivity index (χ1n) is 15.6. The molecule has 8 nitrogen and oxygen atoms in total. The third-order valence-electron chi connectivity index (χ3n) is 8.02. The van der Waals surface area contributed by atoms with E-state index in [9.17, 15) is 9.90 Å². The molecular formula is C37H46N4O4. The van der Waals surface area contributed by atoms with Crippen molar-refractivity contribution in [3.05, 3.63) is 76.3 Å². The van der Waals surface area contributed by atoms with Gasteiger partial charge in [0.25, 0.3) is 5.91 Å². The van der Waals surface area contributed by atoms with Gasteiger partial charge in [-0.3, -0.25) is 4.79 Å². The Bertz CT molecular complexity index is 1600. The quantitative estimate of drug-likeness (QED) is 0.172. The number of phenolic OH excluding ortho intramolecular Hbond substituents is 1. The Labute approximate surface area is 267 Å². The summed E-state index contributed by atoms with van der Waals surface area (Å²) in [6.45, 7) is 16.6. The molecule has 3 unspecified atom stereocenters. The number of rotatable bonds is 12. The van der Waals surface area contributed by atoms with E-state index in [2.05, 4.69) is 38.2 Å². The number of hydrogen-bond donors (Lipinski definition) is 2. The lowest BCUT2D eigenvalue weighted by Crippen LogP contribution is -2.41. The second-order valence-corrected chi connectivity index (χ2v) is 12.4. The van der Waals surface area contributed by atoms with Gasteiger partial charge in [0.05, 0.1) is 5.56 Å². The van der Waals surface area contributed by atoms with E-state index in [4.69, 9.17) is 24.4 Å². The van der Waals surface area contributed by atoms with Gasteiger partial charge in [-0.15, -0.1) is 0 Å². The Morgan fingerprint density at radius 1 is 0.756 bits per heavy atom. The smallest absolute Gasteiger partial charge is 0.260 e. The van der Waals surface area contributed by atoms with E-state index in [-0.39, 0.29) is 17.7 Å². The van der Waals surface area contributed by atoms with Crippen molar-refractivity contribution >= 4 is 5.91 Å². The maximum atomic E-state index is 12.9. The van der Waals surface area contributed by atoms with Crippen molar-refractivity contribution in [2.45, 2.75) is 80.4 Å². The lowest BCUT2D eigenvalue weighted by molar-refractivity contribution is -0.127. The van der Waals surface area contributed by atoms with E-state index in [1.807, 2.05) is 52.0 Å². The number of aryl methyl sites for hydroxylation is 5. The number of benzene rings is 3. The van der Waals surface area contributed by atoms with E-state index >= 15 is 0 Å². The summed E-state index contributed by atoms with van der Waals surface area (Å²) in [6.07, 6.45) is 1.04. The second-order valence-electron chi connectivity index (χ2n) is 12.4. The van der Waals surface area contributed by atoms with Gasteiger partial charge in [-0.2, -0.15) is 0 Å². The fraction of sp³-hybridized carbons (Fsp3) is 0.405. The molecule has 0 bridgehead atoms. The van der Waals surface area contributed by atoms with Gasteiger partial charge in [-0.25, -0.2) is 15.0 Å². The minimum absolute atomic E-state index is 0.00120. The molecule has 0 radical (unpaired) electrons. The van der Waals surface area contributed by atoms with E-state index in [1.165, 1.54) is 6.07 Å². The summed E-state index contributed by atoms with van der Waals surface area (Å²) in [5.74, 6) is 1.99. The molecule has 3 atom stereocenters. The highest BCUT2D eigenvalue weighted by Crippen LogP contribution is 2.36. The Morgan fingerprint density at radius 2 is 1.29 bits per heavy atom. The highest BCUT2D eigenvalue weighted by atomic mass is 16.5. The van der Waals surface area contributed by atoms with E-state index in [0.717, 1.165) is 51.8 Å². The summed E-state index contributed by atoms with van der Waals surface area (Å²) in [6, 6.07) is 15.6. The van der Waals surface area contributed by atoms with Crippen molar-refractivity contribution in [1.29, 1.82) is 0 Å². The summed E-state index contributed by atoms with van der Waals surface area (Å²) >= 11 is 0. The Hall–Kier alpha value is -4.30. The van der Waals surface area contributed by atoms with Crippen molar-refractivity contribution in [2.24, 2.45) is 5.92 Å². The molecule has 3 aromatic carbocycles. The molecule has 1 aromatic heterocycles. The zero-order valence-corrected chi connectivity index (χ0v) is 28.0. The molecule has 2 N–H and O–H groups in total. The molecule has 4 aromatic rings. The second kappa shape index (κ2) is 14.7. The summed E-state index contributed by atoms with van der Waals surface area (Å²) in [4.78, 5) is 27.5. The Morgan fingerprint density at radius 3 is 1.80 bits per heavy atom. The van der Waals surface area contributed by atoms with Gasteiger partial charge >= 0.3 is 0 Å². The molecule has 238 valence electrons. The molecule has 0 aliphatic rings. The van der Waals surface area contributed by atoms with Crippen LogP contribution in [0.1, 0.15) is 61.4 Å². The number of amides is 1. The van der Waals surface area contributed by atoms with Crippen molar-refractivity contribution in [3.8, 4) is 45.7 Å². The number of nitrogens with one attached hydrogen (secondary N) is 1. The van der Waals surface area contributed by atoms with Gasteiger partial charge < -0.3 is 19.9 Å². The van der Waals surface area contributed by atoms with Crippen LogP contribution in [0.3, 0.4) is 0 Å². The highest BCUT2D eigenvalue weighted by molar-refractivity contribution is 5.81. The van der Waals surface area contributed by atoms with Crippen LogP contribution in [0.5, 0.6) is 11.5 Å². The monoisotopic (exact) mass is 610 g/mol. The molecular weight excluding hydrogens is 564 g/mol. The van der Waals surface area contributed by atoms with Crippen molar-refractivity contribution in [2.75, 3.05) is 13.7 Å². The first-order chi connectivity index (χ1) is 21.4. The first kappa shape index (κ1) is 33.6. The van der Waals surface area contributed by atoms with Crippen LogP contribution in [0, 0.1) is 40.5 Å². The number of aromatic hydroxyl groups is 1. The summed E-state index contributed by atoms with van der Waals surface area (Å²) in [5, 5.41) is 14.3. The van der Waals surface area contributed by atoms with Gasteiger partial charge in [0.2, 0.25) is 0 Å². The number of ether oxygens (including phenoxy) is 2. The molecule has 0 fully saturated rings. The van der Waals surface area contributed by atoms with Gasteiger partial charge in [0.15, 0.2) is 23.6 Å². The van der Waals surface area contributed by atoms with Crippen molar-refractivity contribution in [1.82, 2.24) is 20.3 Å². The van der Waals surface area contributed by atoms with E-state index < -0.39 is 6.10 Å². The maximum Gasteiger partial charge on any atom is 0.260 e. The van der Waals surface area contributed by atoms with Gasteiger partial charge in [0, 0.05) is 37.0 Å².